The van der Waals surface area contributed by atoms with Crippen molar-refractivity contribution in [1.82, 2.24) is 9.55 Å². The van der Waals surface area contributed by atoms with Gasteiger partial charge >= 0.3 is 17.6 Å². The van der Waals surface area contributed by atoms with E-state index >= 15 is 0 Å². The SMILES string of the molecule is CCCCCCCCCCCCCCCCCCOc1cc(C(=O)OCC(=O)O[C@@]2(O)[C@@H](CO)O[C@@H](n3ccc(NC(=O)c4ccccc4)nc3=O)[C@@H]2OC)cc(OCCCCCCCCCCCCCCCCCC)c1OCCCCCCCCCCCCCCCCCC. The van der Waals surface area contributed by atoms with Crippen LogP contribution in [-0.2, 0) is 23.7 Å². The Balaban J connectivity index is 1.40. The van der Waals surface area contributed by atoms with Crippen molar-refractivity contribution in [2.75, 3.05) is 45.5 Å². The van der Waals surface area contributed by atoms with Gasteiger partial charge < -0.3 is 48.7 Å². The van der Waals surface area contributed by atoms with Crippen LogP contribution < -0.4 is 25.2 Å². The van der Waals surface area contributed by atoms with Crippen LogP contribution in [0.5, 0.6) is 17.2 Å². The van der Waals surface area contributed by atoms with Crippen molar-refractivity contribution in [2.24, 2.45) is 0 Å². The number of aliphatic hydroxyl groups is 2. The fraction of sp³-hybridized carbons (Fsp3) is 0.762. The normalized spacial score (nSPS) is 16.0. The van der Waals surface area contributed by atoms with Gasteiger partial charge in [-0.2, -0.15) is 4.98 Å². The number of nitrogens with zero attached hydrogens (tertiary/aromatic N) is 2. The largest absolute Gasteiger partial charge is 0.490 e. The maximum Gasteiger partial charge on any atom is 0.351 e. The predicted molar refractivity (Wildman–Crippen MR) is 388 cm³/mol. The quantitative estimate of drug-likeness (QED) is 0.0273. The summed E-state index contributed by atoms with van der Waals surface area (Å²) in [4.78, 5) is 58.0. The second-order valence-electron chi connectivity index (χ2n) is 27.2. The Kier molecular flexibility index (Phi) is 47.6. The van der Waals surface area contributed by atoms with Crippen molar-refractivity contribution in [1.29, 1.82) is 0 Å². The number of unbranched alkanes of at least 4 members (excludes halogenated alkanes) is 45. The van der Waals surface area contributed by atoms with Crippen molar-refractivity contribution >= 4 is 23.7 Å². The van der Waals surface area contributed by atoms with Gasteiger partial charge in [0.05, 0.1) is 32.0 Å². The Hall–Kier alpha value is -5.03. The van der Waals surface area contributed by atoms with E-state index in [9.17, 15) is 29.4 Å². The highest BCUT2D eigenvalue weighted by molar-refractivity contribution is 6.03. The Labute approximate surface area is 580 Å². The summed E-state index contributed by atoms with van der Waals surface area (Å²) in [5, 5.41) is 24.9. The average molecular weight is 1340 g/mol. The lowest BCUT2D eigenvalue weighted by Crippen LogP contribution is -2.54. The molecule has 4 atom stereocenters. The third-order valence-electron chi connectivity index (χ3n) is 18.8. The van der Waals surface area contributed by atoms with Crippen LogP contribution >= 0.6 is 0 Å². The van der Waals surface area contributed by atoms with Crippen molar-refractivity contribution < 1.29 is 57.8 Å². The lowest BCUT2D eigenvalue weighted by molar-refractivity contribution is -0.260. The first-order valence-corrected chi connectivity index (χ1v) is 39.0. The van der Waals surface area contributed by atoms with E-state index < -0.39 is 61.0 Å². The number of amides is 1. The molecule has 1 fully saturated rings. The summed E-state index contributed by atoms with van der Waals surface area (Å²) in [6.07, 6.45) is 57.3. The Morgan fingerprint density at radius 1 is 0.510 bits per heavy atom. The molecule has 2 aromatic carbocycles. The lowest BCUT2D eigenvalue weighted by Gasteiger charge is -2.31. The summed E-state index contributed by atoms with van der Waals surface area (Å²) >= 11 is 0. The number of hydrogen-bond acceptors (Lipinski definition) is 14. The molecule has 0 saturated carbocycles. The van der Waals surface area contributed by atoms with Crippen LogP contribution in [0, 0.1) is 0 Å². The van der Waals surface area contributed by atoms with E-state index in [1.54, 1.807) is 42.5 Å². The number of aromatic nitrogens is 2. The zero-order chi connectivity index (χ0) is 68.8. The number of hydrogen-bond donors (Lipinski definition) is 3. The number of anilines is 1. The maximum atomic E-state index is 14.2. The van der Waals surface area contributed by atoms with Gasteiger partial charge in [-0.3, -0.25) is 9.36 Å². The van der Waals surface area contributed by atoms with Gasteiger partial charge in [0.25, 0.3) is 11.7 Å². The maximum absolute atomic E-state index is 14.2. The summed E-state index contributed by atoms with van der Waals surface area (Å²) in [6, 6.07) is 12.9. The number of ether oxygens (including phenoxy) is 7. The molecule has 4 rings (SSSR count). The highest BCUT2D eigenvalue weighted by atomic mass is 16.7. The zero-order valence-electron chi connectivity index (χ0n) is 60.7. The van der Waals surface area contributed by atoms with Crippen molar-refractivity contribution in [3.05, 3.63) is 76.3 Å². The molecule has 2 heterocycles. The Morgan fingerprint density at radius 3 is 1.23 bits per heavy atom. The summed E-state index contributed by atoms with van der Waals surface area (Å²) < 4.78 is 43.3. The molecule has 1 saturated heterocycles. The number of carbonyl (C=O) groups is 3. The summed E-state index contributed by atoms with van der Waals surface area (Å²) in [6.45, 7) is 6.28. The fourth-order valence-corrected chi connectivity index (χ4v) is 12.9. The average Bonchev–Trinajstić information content (AvgIpc) is 1.60. The molecule has 1 aliphatic rings. The molecule has 546 valence electrons. The third-order valence-corrected chi connectivity index (χ3v) is 18.8. The molecule has 3 N–H and O–H groups in total. The number of esters is 2. The number of aliphatic hydroxyl groups excluding tert-OH is 1. The molecule has 0 unspecified atom stereocenters. The molecule has 1 amide bonds. The molecular formula is C80H133N3O13. The van der Waals surface area contributed by atoms with Crippen molar-refractivity contribution in [3.8, 4) is 17.2 Å². The van der Waals surface area contributed by atoms with Crippen LogP contribution in [0.4, 0.5) is 5.82 Å². The third kappa shape index (κ3) is 35.7. The lowest BCUT2D eigenvalue weighted by atomic mass is 10.0. The first-order chi connectivity index (χ1) is 47.1. The van der Waals surface area contributed by atoms with Gasteiger partial charge in [-0.05, 0) is 49.6 Å². The monoisotopic (exact) mass is 1340 g/mol. The molecule has 96 heavy (non-hydrogen) atoms. The summed E-state index contributed by atoms with van der Waals surface area (Å²) in [5.74, 6) is -4.08. The number of methoxy groups -OCH3 is 1. The van der Waals surface area contributed by atoms with E-state index in [1.165, 1.54) is 270 Å². The van der Waals surface area contributed by atoms with Crippen LogP contribution in [0.2, 0.25) is 0 Å². The van der Waals surface area contributed by atoms with Crippen LogP contribution in [0.25, 0.3) is 0 Å². The Bertz CT molecular complexity index is 2430. The van der Waals surface area contributed by atoms with E-state index in [0.29, 0.717) is 42.6 Å². The minimum atomic E-state index is -2.66. The molecule has 0 bridgehead atoms. The van der Waals surface area contributed by atoms with Gasteiger partial charge in [0.2, 0.25) is 5.75 Å². The van der Waals surface area contributed by atoms with E-state index in [1.807, 2.05) is 0 Å². The number of rotatable bonds is 63. The minimum absolute atomic E-state index is 0.0461. The van der Waals surface area contributed by atoms with Crippen molar-refractivity contribution in [2.45, 2.75) is 353 Å². The van der Waals surface area contributed by atoms with E-state index in [-0.39, 0.29) is 11.4 Å². The molecule has 1 aromatic heterocycles. The first-order valence-electron chi connectivity index (χ1n) is 39.0. The number of benzene rings is 2. The van der Waals surface area contributed by atoms with Gasteiger partial charge in [0.15, 0.2) is 36.5 Å². The summed E-state index contributed by atoms with van der Waals surface area (Å²) in [7, 11) is 1.21. The van der Waals surface area contributed by atoms with Crippen LogP contribution in [0.1, 0.15) is 356 Å². The van der Waals surface area contributed by atoms with Gasteiger partial charge in [0, 0.05) is 18.9 Å². The highest BCUT2D eigenvalue weighted by Crippen LogP contribution is 2.42. The predicted octanol–water partition coefficient (Wildman–Crippen LogP) is 20.4. The fourth-order valence-electron chi connectivity index (χ4n) is 12.9. The topological polar surface area (TPSA) is 203 Å². The molecule has 0 spiro atoms. The van der Waals surface area contributed by atoms with E-state index in [4.69, 9.17) is 33.2 Å². The molecule has 1 aliphatic heterocycles. The highest BCUT2D eigenvalue weighted by Gasteiger charge is 2.60. The second-order valence-corrected chi connectivity index (χ2v) is 27.2. The molecule has 16 heteroatoms. The second kappa shape index (κ2) is 54.8. The van der Waals surface area contributed by atoms with Gasteiger partial charge in [0.1, 0.15) is 5.82 Å². The van der Waals surface area contributed by atoms with Crippen LogP contribution in [0.15, 0.2) is 59.5 Å². The van der Waals surface area contributed by atoms with E-state index in [2.05, 4.69) is 31.1 Å². The van der Waals surface area contributed by atoms with Gasteiger partial charge in [-0.15, -0.1) is 0 Å². The van der Waals surface area contributed by atoms with Gasteiger partial charge in [-0.25, -0.2) is 14.4 Å². The first kappa shape index (κ1) is 83.4. The molecule has 0 radical (unpaired) electrons. The van der Waals surface area contributed by atoms with Crippen LogP contribution in [0.3, 0.4) is 0 Å². The molecule has 16 nitrogen and oxygen atoms in total. The standard InChI is InChI=1S/C80H133N3O13/c1-5-8-11-14-17-20-23-26-29-32-35-38-41-44-47-53-60-91-69-63-68(78(87)94-66-73(85)96-80(89)71(65-84)95-77(75(80)90-4)83-59-58-72(82-79(83)88)81-76(86)67-56-51-50-52-57-67)64-70(92-61-54-48-45-42-39-36-33-30-27-24-21-18-15-12-9-6-2)74(69)93-62-55-49-46-43-40-37-34-31-28-25-22-19-16-13-10-7-3/h50-52,56-59,63-64,71,75,77,84,89H,5-49,53-55,60-62,65-66H2,1-4H3,(H,81,82,86,88)/t71-,75+,77-,80+/m1/s1. The number of nitrogens with one attached hydrogen (secondary N) is 1. The van der Waals surface area contributed by atoms with Crippen molar-refractivity contribution in [3.63, 3.8) is 0 Å². The minimum Gasteiger partial charge on any atom is -0.490 e. The summed E-state index contributed by atoms with van der Waals surface area (Å²) in [5.41, 5.74) is -0.469. The molecule has 0 aliphatic carbocycles. The smallest absolute Gasteiger partial charge is 0.351 e. The zero-order valence-corrected chi connectivity index (χ0v) is 60.7. The van der Waals surface area contributed by atoms with Crippen LogP contribution in [-0.4, -0.2) is 95.7 Å². The van der Waals surface area contributed by atoms with E-state index in [0.717, 1.165) is 62.4 Å². The Morgan fingerprint density at radius 2 is 0.875 bits per heavy atom. The molecule has 3 aromatic rings. The van der Waals surface area contributed by atoms with Gasteiger partial charge in [-0.1, -0.05) is 328 Å². The molecular weight excluding hydrogens is 1210 g/mol. The number of carbonyl (C=O) groups excluding carboxylic acids is 3.